The highest BCUT2D eigenvalue weighted by Crippen LogP contribution is 2.21. The SMILES string of the molecule is O=[N+]([O-])c1ccc(S(=O)(=O)Nc2cccc(S(=O)(=O)NCc3ccco3)c2)cc1. The molecule has 2 N–H and O–H groups in total. The Balaban J connectivity index is 1.78. The average Bonchev–Trinajstić information content (AvgIpc) is 3.20. The Kier molecular flexibility index (Phi) is 5.68. The zero-order chi connectivity index (χ0) is 21.1. The van der Waals surface area contributed by atoms with Gasteiger partial charge in [0.15, 0.2) is 0 Å². The van der Waals surface area contributed by atoms with Gasteiger partial charge < -0.3 is 4.42 Å². The molecule has 29 heavy (non-hydrogen) atoms. The van der Waals surface area contributed by atoms with Crippen molar-refractivity contribution in [1.82, 2.24) is 4.72 Å². The Morgan fingerprint density at radius 1 is 0.897 bits per heavy atom. The Bertz CT molecular complexity index is 1220. The molecule has 0 spiro atoms. The van der Waals surface area contributed by atoms with Gasteiger partial charge in [-0.3, -0.25) is 14.8 Å². The van der Waals surface area contributed by atoms with Crippen LogP contribution in [-0.4, -0.2) is 21.8 Å². The van der Waals surface area contributed by atoms with Gasteiger partial charge in [0.1, 0.15) is 5.76 Å². The van der Waals surface area contributed by atoms with E-state index in [1.807, 2.05) is 0 Å². The summed E-state index contributed by atoms with van der Waals surface area (Å²) in [6, 6.07) is 12.8. The van der Waals surface area contributed by atoms with E-state index in [-0.39, 0.29) is 27.7 Å². The fraction of sp³-hybridized carbons (Fsp3) is 0.0588. The van der Waals surface area contributed by atoms with Gasteiger partial charge >= 0.3 is 0 Å². The van der Waals surface area contributed by atoms with Crippen LogP contribution in [0.25, 0.3) is 0 Å². The Hall–Kier alpha value is -3.22. The molecule has 0 atom stereocenters. The largest absolute Gasteiger partial charge is 0.468 e. The molecule has 152 valence electrons. The fourth-order valence-electron chi connectivity index (χ4n) is 2.35. The number of benzene rings is 2. The summed E-state index contributed by atoms with van der Waals surface area (Å²) in [6.07, 6.45) is 1.41. The van der Waals surface area contributed by atoms with Crippen molar-refractivity contribution in [2.24, 2.45) is 0 Å². The third-order valence-corrected chi connectivity index (χ3v) is 6.57. The number of nitro groups is 1. The zero-order valence-corrected chi connectivity index (χ0v) is 16.3. The quantitative estimate of drug-likeness (QED) is 0.406. The lowest BCUT2D eigenvalue weighted by Crippen LogP contribution is -2.23. The molecule has 0 saturated heterocycles. The van der Waals surface area contributed by atoms with Crippen LogP contribution in [0.3, 0.4) is 0 Å². The van der Waals surface area contributed by atoms with Crippen molar-refractivity contribution in [2.75, 3.05) is 4.72 Å². The zero-order valence-electron chi connectivity index (χ0n) is 14.7. The van der Waals surface area contributed by atoms with Gasteiger partial charge in [-0.2, -0.15) is 0 Å². The molecule has 3 rings (SSSR count). The molecule has 0 aliphatic heterocycles. The first-order valence-corrected chi connectivity index (χ1v) is 11.0. The highest BCUT2D eigenvalue weighted by atomic mass is 32.2. The van der Waals surface area contributed by atoms with Gasteiger partial charge in [0.05, 0.1) is 33.2 Å². The van der Waals surface area contributed by atoms with Gasteiger partial charge in [0.25, 0.3) is 15.7 Å². The van der Waals surface area contributed by atoms with E-state index in [0.717, 1.165) is 30.3 Å². The van der Waals surface area contributed by atoms with Crippen LogP contribution in [0.4, 0.5) is 11.4 Å². The minimum Gasteiger partial charge on any atom is -0.468 e. The van der Waals surface area contributed by atoms with Crippen LogP contribution in [0, 0.1) is 10.1 Å². The molecule has 0 fully saturated rings. The molecule has 0 bridgehead atoms. The molecule has 1 aromatic heterocycles. The van der Waals surface area contributed by atoms with Gasteiger partial charge in [-0.15, -0.1) is 0 Å². The van der Waals surface area contributed by atoms with Gasteiger partial charge in [0.2, 0.25) is 10.0 Å². The molecule has 2 aromatic carbocycles. The summed E-state index contributed by atoms with van der Waals surface area (Å²) in [7, 11) is -7.98. The first-order valence-electron chi connectivity index (χ1n) is 8.07. The molecule has 0 amide bonds. The second-order valence-electron chi connectivity index (χ2n) is 5.79. The molecule has 3 aromatic rings. The molecule has 0 radical (unpaired) electrons. The minimum absolute atomic E-state index is 0.0178. The number of sulfonamides is 2. The van der Waals surface area contributed by atoms with Crippen LogP contribution in [-0.2, 0) is 26.6 Å². The molecule has 0 aliphatic carbocycles. The number of hydrogen-bond donors (Lipinski definition) is 2. The lowest BCUT2D eigenvalue weighted by atomic mass is 10.3. The summed E-state index contributed by atoms with van der Waals surface area (Å²) < 4.78 is 59.5. The predicted molar refractivity (Wildman–Crippen MR) is 103 cm³/mol. The van der Waals surface area contributed by atoms with Gasteiger partial charge in [0, 0.05) is 12.1 Å². The fourth-order valence-corrected chi connectivity index (χ4v) is 4.44. The standard InChI is InChI=1S/C17H15N3O7S2/c21-20(22)14-6-8-16(9-7-14)29(25,26)19-13-3-1-5-17(11-13)28(23,24)18-12-15-4-2-10-27-15/h1-11,18-19H,12H2. The van der Waals surface area contributed by atoms with Crippen LogP contribution < -0.4 is 9.44 Å². The molecule has 0 unspecified atom stereocenters. The van der Waals surface area contributed by atoms with Crippen LogP contribution in [0.15, 0.2) is 81.1 Å². The van der Waals surface area contributed by atoms with E-state index in [2.05, 4.69) is 9.44 Å². The van der Waals surface area contributed by atoms with E-state index in [9.17, 15) is 26.9 Å². The molecular weight excluding hydrogens is 422 g/mol. The Morgan fingerprint density at radius 3 is 2.24 bits per heavy atom. The van der Waals surface area contributed by atoms with E-state index in [1.165, 1.54) is 24.5 Å². The Morgan fingerprint density at radius 2 is 1.62 bits per heavy atom. The molecule has 0 saturated carbocycles. The molecular formula is C17H15N3O7S2. The van der Waals surface area contributed by atoms with Crippen molar-refractivity contribution in [2.45, 2.75) is 16.3 Å². The van der Waals surface area contributed by atoms with E-state index in [4.69, 9.17) is 4.42 Å². The number of nitro benzene ring substituents is 1. The van der Waals surface area contributed by atoms with Crippen LogP contribution in [0.1, 0.15) is 5.76 Å². The van der Waals surface area contributed by atoms with E-state index in [0.29, 0.717) is 5.76 Å². The van der Waals surface area contributed by atoms with Gasteiger partial charge in [-0.25, -0.2) is 21.6 Å². The normalized spacial score (nSPS) is 11.9. The monoisotopic (exact) mass is 437 g/mol. The Labute approximate surface area is 166 Å². The third-order valence-electron chi connectivity index (χ3n) is 3.77. The summed E-state index contributed by atoms with van der Waals surface area (Å²) in [5.41, 5.74) is -0.233. The van der Waals surface area contributed by atoms with Crippen molar-refractivity contribution in [3.63, 3.8) is 0 Å². The van der Waals surface area contributed by atoms with Crippen LogP contribution in [0.2, 0.25) is 0 Å². The average molecular weight is 437 g/mol. The first-order chi connectivity index (χ1) is 13.7. The number of rotatable bonds is 8. The maximum atomic E-state index is 12.5. The van der Waals surface area contributed by atoms with Crippen molar-refractivity contribution < 1.29 is 26.2 Å². The lowest BCUT2D eigenvalue weighted by molar-refractivity contribution is -0.384. The highest BCUT2D eigenvalue weighted by Gasteiger charge is 2.19. The molecule has 1 heterocycles. The van der Waals surface area contributed by atoms with Crippen molar-refractivity contribution in [3.8, 4) is 0 Å². The summed E-state index contributed by atoms with van der Waals surface area (Å²) in [5.74, 6) is 0.420. The smallest absolute Gasteiger partial charge is 0.269 e. The van der Waals surface area contributed by atoms with Gasteiger partial charge in [-0.1, -0.05) is 6.07 Å². The second-order valence-corrected chi connectivity index (χ2v) is 9.24. The van der Waals surface area contributed by atoms with Crippen molar-refractivity contribution in [1.29, 1.82) is 0 Å². The van der Waals surface area contributed by atoms with E-state index >= 15 is 0 Å². The number of anilines is 1. The maximum Gasteiger partial charge on any atom is 0.269 e. The molecule has 10 nitrogen and oxygen atoms in total. The second kappa shape index (κ2) is 8.03. The number of non-ortho nitro benzene ring substituents is 1. The maximum absolute atomic E-state index is 12.5. The van der Waals surface area contributed by atoms with E-state index in [1.54, 1.807) is 12.1 Å². The number of furan rings is 1. The summed E-state index contributed by atoms with van der Waals surface area (Å²) in [5, 5.41) is 10.7. The van der Waals surface area contributed by atoms with Crippen molar-refractivity contribution >= 4 is 31.4 Å². The van der Waals surface area contributed by atoms with Gasteiger partial charge in [-0.05, 0) is 42.5 Å². The highest BCUT2D eigenvalue weighted by molar-refractivity contribution is 7.92. The first kappa shape index (κ1) is 20.5. The molecule has 12 heteroatoms. The lowest BCUT2D eigenvalue weighted by Gasteiger charge is -2.10. The number of hydrogen-bond acceptors (Lipinski definition) is 7. The summed E-state index contributed by atoms with van der Waals surface area (Å²) in [4.78, 5) is 9.69. The topological polar surface area (TPSA) is 149 Å². The van der Waals surface area contributed by atoms with Crippen LogP contribution >= 0.6 is 0 Å². The number of nitrogens with zero attached hydrogens (tertiary/aromatic N) is 1. The predicted octanol–water partition coefficient (Wildman–Crippen LogP) is 2.47. The third kappa shape index (κ3) is 4.99. The van der Waals surface area contributed by atoms with Crippen molar-refractivity contribution in [3.05, 3.63) is 82.8 Å². The summed E-state index contributed by atoms with van der Waals surface area (Å²) >= 11 is 0. The van der Waals surface area contributed by atoms with Crippen LogP contribution in [0.5, 0.6) is 0 Å². The van der Waals surface area contributed by atoms with E-state index < -0.39 is 25.0 Å². The minimum atomic E-state index is -4.07. The molecule has 0 aliphatic rings. The number of nitrogens with one attached hydrogen (secondary N) is 2. The summed E-state index contributed by atoms with van der Waals surface area (Å²) in [6.45, 7) is -0.0614.